The molecule has 2 aliphatic heterocycles. The van der Waals surface area contributed by atoms with E-state index in [-0.39, 0.29) is 60.7 Å². The molecule has 16 nitrogen and oxygen atoms in total. The van der Waals surface area contributed by atoms with Crippen molar-refractivity contribution >= 4 is 35.4 Å². The van der Waals surface area contributed by atoms with Crippen molar-refractivity contribution in [3.63, 3.8) is 0 Å². The first-order chi connectivity index (χ1) is 32.6. The lowest BCUT2D eigenvalue weighted by molar-refractivity contribution is -0.142. The summed E-state index contributed by atoms with van der Waals surface area (Å²) in [7, 11) is 3.33. The first-order valence-electron chi connectivity index (χ1n) is 24.0. The van der Waals surface area contributed by atoms with Gasteiger partial charge in [0.1, 0.15) is 25.3 Å². The Labute approximate surface area is 404 Å². The lowest BCUT2D eigenvalue weighted by atomic mass is 10.1. The maximum atomic E-state index is 14.2. The number of hydrogen-bond donors (Lipinski definition) is 4. The molecule has 6 amide bonds. The van der Waals surface area contributed by atoms with E-state index >= 15 is 0 Å². The Balaban J connectivity index is 1.36. The highest BCUT2D eigenvalue weighted by atomic mass is 16.5. The number of nitrogens with one attached hydrogen (secondary N) is 4. The molecule has 68 heavy (non-hydrogen) atoms. The Hall–Kier alpha value is -5.78. The molecular weight excluding hydrogens is 865 g/mol. The second kappa shape index (κ2) is 28.5. The van der Waals surface area contributed by atoms with Crippen molar-refractivity contribution in [3.05, 3.63) is 71.8 Å². The van der Waals surface area contributed by atoms with Gasteiger partial charge in [-0.25, -0.2) is 0 Å². The molecule has 4 rings (SSSR count). The largest absolute Gasteiger partial charge is 0.363 e. The Kier molecular flexibility index (Phi) is 23.0. The molecule has 4 N–H and O–H groups in total. The predicted octanol–water partition coefficient (Wildman–Crippen LogP) is 2.15. The van der Waals surface area contributed by atoms with Gasteiger partial charge in [-0.15, -0.1) is 0 Å². The second-order valence-corrected chi connectivity index (χ2v) is 17.7. The van der Waals surface area contributed by atoms with Gasteiger partial charge in [-0.1, -0.05) is 72.5 Å². The molecule has 0 aromatic heterocycles. The van der Waals surface area contributed by atoms with Gasteiger partial charge in [0.15, 0.2) is 0 Å². The molecule has 2 aromatic rings. The molecule has 370 valence electrons. The van der Waals surface area contributed by atoms with Gasteiger partial charge >= 0.3 is 0 Å². The summed E-state index contributed by atoms with van der Waals surface area (Å²) in [6.45, 7) is 12.6. The van der Waals surface area contributed by atoms with E-state index in [1.165, 1.54) is 0 Å². The van der Waals surface area contributed by atoms with Gasteiger partial charge < -0.3 is 50.3 Å². The topological polar surface area (TPSA) is 182 Å². The molecule has 0 radical (unpaired) electrons. The summed E-state index contributed by atoms with van der Waals surface area (Å²) in [5.41, 5.74) is 2.25. The number of carbonyl (C=O) groups excluding carboxylic acids is 6. The van der Waals surface area contributed by atoms with E-state index in [0.717, 1.165) is 36.8 Å². The third-order valence-electron chi connectivity index (χ3n) is 12.9. The maximum absolute atomic E-state index is 14.2. The van der Waals surface area contributed by atoms with Crippen molar-refractivity contribution in [2.75, 3.05) is 66.6 Å². The van der Waals surface area contributed by atoms with Gasteiger partial charge in [-0.2, -0.15) is 0 Å². The van der Waals surface area contributed by atoms with Crippen LogP contribution in [0.1, 0.15) is 78.4 Å². The van der Waals surface area contributed by atoms with Gasteiger partial charge in [0.05, 0.1) is 24.3 Å². The van der Waals surface area contributed by atoms with Gasteiger partial charge in [-0.3, -0.25) is 28.8 Å². The van der Waals surface area contributed by atoms with Gasteiger partial charge in [-0.05, 0) is 103 Å². The van der Waals surface area contributed by atoms with E-state index in [4.69, 9.17) is 9.47 Å². The van der Waals surface area contributed by atoms with Crippen LogP contribution in [-0.2, 0) is 51.1 Å². The number of likely N-dealkylation sites (N-methyl/N-ethyl adjacent to an activating group) is 2. The molecule has 8 atom stereocenters. The summed E-state index contributed by atoms with van der Waals surface area (Å²) < 4.78 is 12.0. The first-order valence-corrected chi connectivity index (χ1v) is 24.0. The van der Waals surface area contributed by atoms with Crippen LogP contribution in [0.15, 0.2) is 60.7 Å². The molecule has 2 unspecified atom stereocenters. The summed E-state index contributed by atoms with van der Waals surface area (Å²) in [5, 5.41) is 11.6. The molecule has 0 bridgehead atoms. The fourth-order valence-electron chi connectivity index (χ4n) is 8.35. The summed E-state index contributed by atoms with van der Waals surface area (Å²) in [5.74, 6) is 9.78. The van der Waals surface area contributed by atoms with E-state index in [1.807, 2.05) is 60.7 Å². The van der Waals surface area contributed by atoms with Gasteiger partial charge in [0.2, 0.25) is 35.4 Å². The summed E-state index contributed by atoms with van der Waals surface area (Å²) >= 11 is 0. The van der Waals surface area contributed by atoms with Crippen molar-refractivity contribution in [3.8, 4) is 23.7 Å². The zero-order valence-electron chi connectivity index (χ0n) is 41.3. The second-order valence-electron chi connectivity index (χ2n) is 17.7. The number of carbonyl (C=O) groups is 6. The fraction of sp³-hybridized carbons (Fsp3) is 0.577. The lowest BCUT2D eigenvalue weighted by Crippen LogP contribution is -2.58. The van der Waals surface area contributed by atoms with Crippen molar-refractivity contribution in [1.82, 2.24) is 40.9 Å². The SMILES string of the molecule is CN[C@@H](C)C(=O)N[C@H](C(=O)N1CCC[C@H]1CN(CCc1ccccc1)C(C)=O)C(C)OCC#CC#CCO[C@H](C)[C@H](NC(=O)[C@H](C)NC)C(=O)N1CCCC1CN(CCc1ccccc1)C(C)=O. The van der Waals surface area contributed by atoms with Crippen LogP contribution in [0.5, 0.6) is 0 Å². The summed E-state index contributed by atoms with van der Waals surface area (Å²) in [6.07, 6.45) is 2.89. The van der Waals surface area contributed by atoms with E-state index in [0.29, 0.717) is 52.1 Å². The zero-order valence-corrected chi connectivity index (χ0v) is 41.3. The molecule has 0 spiro atoms. The van der Waals surface area contributed by atoms with Crippen molar-refractivity contribution in [1.29, 1.82) is 0 Å². The Bertz CT molecular complexity index is 1940. The van der Waals surface area contributed by atoms with Crippen LogP contribution < -0.4 is 21.3 Å². The van der Waals surface area contributed by atoms with Crippen LogP contribution in [0, 0.1) is 23.7 Å². The summed E-state index contributed by atoms with van der Waals surface area (Å²) in [6, 6.07) is 16.3. The standard InChI is InChI=1S/C52H74N8O8/c1-37(53-7)49(63)55-47(51(65)59-29-19-25-45(59)35-57(41(5)61)31-27-43-21-13-11-14-22-43)39(3)67-33-17-9-10-18-34-68-40(4)48(56-50(64)38(2)54-8)52(66)60-30-20-26-46(60)36-58(42(6)62)32-28-44-23-15-12-16-24-44/h11-16,21-24,37-40,45-48,53-54H,19-20,25-36H2,1-8H3,(H,55,63)(H,56,64)/t37-,38-,39+,40?,45?,46-,47-,48-/m0/s1. The maximum Gasteiger partial charge on any atom is 0.248 e. The minimum atomic E-state index is -1.01. The van der Waals surface area contributed by atoms with Crippen LogP contribution in [-0.4, -0.2) is 170 Å². The van der Waals surface area contributed by atoms with Crippen LogP contribution in [0.2, 0.25) is 0 Å². The monoisotopic (exact) mass is 939 g/mol. The van der Waals surface area contributed by atoms with Crippen LogP contribution in [0.4, 0.5) is 0 Å². The number of nitrogens with zero attached hydrogens (tertiary/aromatic N) is 4. The third kappa shape index (κ3) is 17.1. The average molecular weight is 939 g/mol. The van der Waals surface area contributed by atoms with Crippen molar-refractivity contribution < 1.29 is 38.2 Å². The van der Waals surface area contributed by atoms with Crippen LogP contribution >= 0.6 is 0 Å². The quantitative estimate of drug-likeness (QED) is 0.114. The van der Waals surface area contributed by atoms with Gasteiger partial charge in [0, 0.05) is 65.2 Å². The van der Waals surface area contributed by atoms with Crippen molar-refractivity contribution in [2.24, 2.45) is 0 Å². The average Bonchev–Trinajstić information content (AvgIpc) is 4.02. The minimum Gasteiger partial charge on any atom is -0.363 e. The van der Waals surface area contributed by atoms with Crippen molar-refractivity contribution in [2.45, 2.75) is 129 Å². The number of rotatable bonds is 24. The molecule has 2 saturated heterocycles. The van der Waals surface area contributed by atoms with Crippen LogP contribution in [0.25, 0.3) is 0 Å². The Morgan fingerprint density at radius 3 is 1.32 bits per heavy atom. The minimum absolute atomic E-state index is 0.0638. The highest BCUT2D eigenvalue weighted by molar-refractivity contribution is 5.91. The number of ether oxygens (including phenoxy) is 2. The normalized spacial score (nSPS) is 18.1. The lowest BCUT2D eigenvalue weighted by Gasteiger charge is -2.34. The molecular formula is C52H74N8O8. The predicted molar refractivity (Wildman–Crippen MR) is 262 cm³/mol. The highest BCUT2D eigenvalue weighted by Gasteiger charge is 2.40. The third-order valence-corrected chi connectivity index (χ3v) is 12.9. The number of amides is 6. The molecule has 2 heterocycles. The van der Waals surface area contributed by atoms with E-state index in [1.54, 1.807) is 75.2 Å². The number of likely N-dealkylation sites (tertiary alicyclic amines) is 2. The zero-order chi connectivity index (χ0) is 49.6. The molecule has 0 saturated carbocycles. The Morgan fingerprint density at radius 2 is 0.985 bits per heavy atom. The van der Waals surface area contributed by atoms with E-state index in [2.05, 4.69) is 44.9 Å². The molecule has 0 aliphatic carbocycles. The van der Waals surface area contributed by atoms with Gasteiger partial charge in [0.25, 0.3) is 0 Å². The first kappa shape index (κ1) is 54.8. The molecule has 2 aliphatic rings. The number of benzene rings is 2. The Morgan fingerprint density at radius 1 is 0.618 bits per heavy atom. The fourth-order valence-corrected chi connectivity index (χ4v) is 8.35. The molecule has 2 aromatic carbocycles. The highest BCUT2D eigenvalue weighted by Crippen LogP contribution is 2.23. The van der Waals surface area contributed by atoms with E-state index in [9.17, 15) is 28.8 Å². The van der Waals surface area contributed by atoms with E-state index < -0.39 is 36.4 Å². The molecule has 16 heteroatoms. The smallest absolute Gasteiger partial charge is 0.248 e. The number of hydrogen-bond acceptors (Lipinski definition) is 10. The summed E-state index contributed by atoms with van der Waals surface area (Å²) in [4.78, 5) is 87.2. The molecule has 2 fully saturated rings. The van der Waals surface area contributed by atoms with Crippen LogP contribution in [0.3, 0.4) is 0 Å².